The van der Waals surface area contributed by atoms with Crippen molar-refractivity contribution in [3.63, 3.8) is 0 Å². The molecule has 0 bridgehead atoms. The van der Waals surface area contributed by atoms with Crippen LogP contribution < -0.4 is 0 Å². The van der Waals surface area contributed by atoms with Crippen LogP contribution in [-0.2, 0) is 5.75 Å². The lowest BCUT2D eigenvalue weighted by Crippen LogP contribution is -2.00. The minimum absolute atomic E-state index is 0.297. The molecule has 0 aliphatic heterocycles. The maximum Gasteiger partial charge on any atom is 0.338 e. The number of carboxylic acids is 1. The zero-order valence-corrected chi connectivity index (χ0v) is 12.2. The van der Waals surface area contributed by atoms with E-state index < -0.39 is 11.8 Å². The summed E-state index contributed by atoms with van der Waals surface area (Å²) >= 11 is 5.00. The van der Waals surface area contributed by atoms with Crippen molar-refractivity contribution in [1.82, 2.24) is 0 Å². The molecular weight excluding hydrogens is 331 g/mol. The van der Waals surface area contributed by atoms with Crippen molar-refractivity contribution in [2.24, 2.45) is 0 Å². The van der Waals surface area contributed by atoms with Crippen LogP contribution in [0.1, 0.15) is 15.9 Å². The second kappa shape index (κ2) is 6.21. The average Bonchev–Trinajstić information content (AvgIpc) is 2.37. The highest BCUT2D eigenvalue weighted by molar-refractivity contribution is 9.10. The predicted molar refractivity (Wildman–Crippen MR) is 77.1 cm³/mol. The van der Waals surface area contributed by atoms with Gasteiger partial charge in [-0.2, -0.15) is 0 Å². The van der Waals surface area contributed by atoms with Gasteiger partial charge in [-0.15, -0.1) is 11.8 Å². The molecule has 2 rings (SSSR count). The standard InChI is InChI=1S/C14H10BrFO2S/c15-11-3-1-2-4-13(11)19-8-9-5-6-10(14(17)18)12(16)7-9/h1-7H,8H2,(H,17,18). The van der Waals surface area contributed by atoms with Gasteiger partial charge in [-0.05, 0) is 45.8 Å². The normalized spacial score (nSPS) is 10.4. The second-order valence-corrected chi connectivity index (χ2v) is 5.71. The molecular formula is C14H10BrFO2S. The van der Waals surface area contributed by atoms with Crippen molar-refractivity contribution >= 4 is 33.7 Å². The van der Waals surface area contributed by atoms with E-state index in [4.69, 9.17) is 5.11 Å². The van der Waals surface area contributed by atoms with Crippen molar-refractivity contribution in [3.8, 4) is 0 Å². The van der Waals surface area contributed by atoms with Gasteiger partial charge in [-0.3, -0.25) is 0 Å². The Kier molecular flexibility index (Phi) is 4.61. The molecule has 0 amide bonds. The Labute approximate surface area is 122 Å². The first-order valence-electron chi connectivity index (χ1n) is 5.47. The second-order valence-electron chi connectivity index (χ2n) is 3.84. The Balaban J connectivity index is 2.11. The number of aromatic carboxylic acids is 1. The molecule has 2 nitrogen and oxygen atoms in total. The van der Waals surface area contributed by atoms with E-state index >= 15 is 0 Å². The Morgan fingerprint density at radius 2 is 2.00 bits per heavy atom. The molecule has 5 heteroatoms. The summed E-state index contributed by atoms with van der Waals surface area (Å²) < 4.78 is 14.5. The van der Waals surface area contributed by atoms with Crippen LogP contribution >= 0.6 is 27.7 Å². The topological polar surface area (TPSA) is 37.3 Å². The van der Waals surface area contributed by atoms with Crippen molar-refractivity contribution in [3.05, 3.63) is 63.9 Å². The fraction of sp³-hybridized carbons (Fsp3) is 0.0714. The first kappa shape index (κ1) is 14.1. The number of benzene rings is 2. The molecule has 2 aromatic carbocycles. The summed E-state index contributed by atoms with van der Waals surface area (Å²) in [6.07, 6.45) is 0. The zero-order valence-electron chi connectivity index (χ0n) is 9.77. The summed E-state index contributed by atoms with van der Waals surface area (Å²) in [5.74, 6) is -1.36. The van der Waals surface area contributed by atoms with Crippen LogP contribution in [0, 0.1) is 5.82 Å². The van der Waals surface area contributed by atoms with E-state index in [1.54, 1.807) is 17.8 Å². The number of thioether (sulfide) groups is 1. The quantitative estimate of drug-likeness (QED) is 0.827. The van der Waals surface area contributed by atoms with E-state index in [2.05, 4.69) is 15.9 Å². The molecule has 0 aromatic heterocycles. The van der Waals surface area contributed by atoms with Crippen molar-refractivity contribution in [1.29, 1.82) is 0 Å². The summed E-state index contributed by atoms with van der Waals surface area (Å²) in [5, 5.41) is 8.75. The highest BCUT2D eigenvalue weighted by atomic mass is 79.9. The fourth-order valence-corrected chi connectivity index (χ4v) is 3.06. The molecule has 0 aliphatic rings. The molecule has 0 atom stereocenters. The number of halogens is 2. The number of carboxylic acid groups (broad SMARTS) is 1. The highest BCUT2D eigenvalue weighted by Gasteiger charge is 2.10. The van der Waals surface area contributed by atoms with Gasteiger partial charge in [0, 0.05) is 15.1 Å². The first-order chi connectivity index (χ1) is 9.08. The lowest BCUT2D eigenvalue weighted by atomic mass is 10.1. The molecule has 0 fully saturated rings. The molecule has 1 N–H and O–H groups in total. The molecule has 19 heavy (non-hydrogen) atoms. The van der Waals surface area contributed by atoms with Gasteiger partial charge in [0.15, 0.2) is 0 Å². The van der Waals surface area contributed by atoms with Gasteiger partial charge in [-0.1, -0.05) is 18.2 Å². The van der Waals surface area contributed by atoms with E-state index in [9.17, 15) is 9.18 Å². The maximum absolute atomic E-state index is 13.5. The Bertz CT molecular complexity index is 616. The SMILES string of the molecule is O=C(O)c1ccc(CSc2ccccc2Br)cc1F. The van der Waals surface area contributed by atoms with Crippen LogP contribution in [-0.4, -0.2) is 11.1 Å². The fourth-order valence-electron chi connectivity index (χ4n) is 1.54. The first-order valence-corrected chi connectivity index (χ1v) is 7.25. The molecule has 0 saturated heterocycles. The molecule has 0 saturated carbocycles. The van der Waals surface area contributed by atoms with Crippen LogP contribution in [0.4, 0.5) is 4.39 Å². The van der Waals surface area contributed by atoms with Gasteiger partial charge in [0.25, 0.3) is 0 Å². The van der Waals surface area contributed by atoms with Crippen molar-refractivity contribution in [2.45, 2.75) is 10.6 Å². The third-order valence-electron chi connectivity index (χ3n) is 2.49. The minimum Gasteiger partial charge on any atom is -0.478 e. The summed E-state index contributed by atoms with van der Waals surface area (Å²) in [7, 11) is 0. The predicted octanol–water partition coefficient (Wildman–Crippen LogP) is 4.58. The van der Waals surface area contributed by atoms with E-state index in [1.807, 2.05) is 24.3 Å². The number of rotatable bonds is 4. The van der Waals surface area contributed by atoms with Crippen molar-refractivity contribution in [2.75, 3.05) is 0 Å². The van der Waals surface area contributed by atoms with E-state index in [-0.39, 0.29) is 5.56 Å². The Hall–Kier alpha value is -1.33. The monoisotopic (exact) mass is 340 g/mol. The zero-order chi connectivity index (χ0) is 13.8. The molecule has 2 aromatic rings. The Morgan fingerprint density at radius 3 is 2.63 bits per heavy atom. The molecule has 0 unspecified atom stereocenters. The lowest BCUT2D eigenvalue weighted by molar-refractivity contribution is 0.0692. The van der Waals surface area contributed by atoms with Gasteiger partial charge < -0.3 is 5.11 Å². The van der Waals surface area contributed by atoms with Crippen LogP contribution in [0.25, 0.3) is 0 Å². The van der Waals surface area contributed by atoms with E-state index in [0.717, 1.165) is 14.9 Å². The molecule has 98 valence electrons. The van der Waals surface area contributed by atoms with Crippen LogP contribution in [0.3, 0.4) is 0 Å². The van der Waals surface area contributed by atoms with Crippen LogP contribution in [0.5, 0.6) is 0 Å². The minimum atomic E-state index is -1.25. The van der Waals surface area contributed by atoms with Gasteiger partial charge >= 0.3 is 5.97 Å². The van der Waals surface area contributed by atoms with Crippen LogP contribution in [0.2, 0.25) is 0 Å². The van der Waals surface area contributed by atoms with Gasteiger partial charge in [-0.25, -0.2) is 9.18 Å². The molecule has 0 aliphatic carbocycles. The smallest absolute Gasteiger partial charge is 0.338 e. The summed E-state index contributed by atoms with van der Waals surface area (Å²) in [5.41, 5.74) is 0.456. The number of hydrogen-bond donors (Lipinski definition) is 1. The highest BCUT2D eigenvalue weighted by Crippen LogP contribution is 2.30. The summed E-state index contributed by atoms with van der Waals surface area (Å²) in [6.45, 7) is 0. The third-order valence-corrected chi connectivity index (χ3v) is 4.59. The molecule has 0 radical (unpaired) electrons. The maximum atomic E-state index is 13.5. The van der Waals surface area contributed by atoms with E-state index in [0.29, 0.717) is 5.75 Å². The number of carbonyl (C=O) groups is 1. The largest absolute Gasteiger partial charge is 0.478 e. The van der Waals surface area contributed by atoms with Crippen LogP contribution in [0.15, 0.2) is 51.8 Å². The third kappa shape index (κ3) is 3.58. The number of hydrogen-bond acceptors (Lipinski definition) is 2. The van der Waals surface area contributed by atoms with Crippen molar-refractivity contribution < 1.29 is 14.3 Å². The molecule has 0 spiro atoms. The Morgan fingerprint density at radius 1 is 1.26 bits per heavy atom. The lowest BCUT2D eigenvalue weighted by Gasteiger charge is -2.05. The summed E-state index contributed by atoms with van der Waals surface area (Å²) in [6, 6.07) is 12.0. The average molecular weight is 341 g/mol. The summed E-state index contributed by atoms with van der Waals surface area (Å²) in [4.78, 5) is 11.8. The van der Waals surface area contributed by atoms with Gasteiger partial charge in [0.05, 0.1) is 5.56 Å². The molecule has 0 heterocycles. The van der Waals surface area contributed by atoms with Gasteiger partial charge in [0.2, 0.25) is 0 Å². The van der Waals surface area contributed by atoms with E-state index in [1.165, 1.54) is 12.1 Å². The van der Waals surface area contributed by atoms with Gasteiger partial charge in [0.1, 0.15) is 5.82 Å².